The summed E-state index contributed by atoms with van der Waals surface area (Å²) in [6, 6.07) is 15.2. The standard InChI is InChI=1S/C22H23N3O4S/c1-27-16-10-11-19(28-2)17(13-16)18-9-6-12-25(18)20(26)14-30-22-24-23-21(29-22)15-7-4-3-5-8-15/h3-5,7-8,10-11,13,18H,6,9,12,14H2,1-2H3. The summed E-state index contributed by atoms with van der Waals surface area (Å²) in [5, 5.41) is 8.52. The number of nitrogens with zero attached hydrogens (tertiary/aromatic N) is 3. The quantitative estimate of drug-likeness (QED) is 0.525. The van der Waals surface area contributed by atoms with Crippen LogP contribution in [0.15, 0.2) is 58.2 Å². The van der Waals surface area contributed by atoms with Gasteiger partial charge in [-0.05, 0) is 43.2 Å². The minimum absolute atomic E-state index is 0.0341. The van der Waals surface area contributed by atoms with E-state index in [9.17, 15) is 4.79 Å². The lowest BCUT2D eigenvalue weighted by Gasteiger charge is -2.26. The first kappa shape index (κ1) is 20.3. The maximum absolute atomic E-state index is 13.0. The van der Waals surface area contributed by atoms with Crippen LogP contribution in [-0.4, -0.2) is 47.5 Å². The van der Waals surface area contributed by atoms with E-state index in [-0.39, 0.29) is 17.7 Å². The van der Waals surface area contributed by atoms with Gasteiger partial charge < -0.3 is 18.8 Å². The Hall–Kier alpha value is -3.00. The van der Waals surface area contributed by atoms with E-state index in [0.29, 0.717) is 17.7 Å². The van der Waals surface area contributed by atoms with Crippen LogP contribution in [0.5, 0.6) is 11.5 Å². The van der Waals surface area contributed by atoms with Crippen LogP contribution in [0.1, 0.15) is 24.4 Å². The third-order valence-corrected chi connectivity index (χ3v) is 5.92. The zero-order valence-electron chi connectivity index (χ0n) is 16.9. The number of aromatic nitrogens is 2. The molecule has 2 heterocycles. The largest absolute Gasteiger partial charge is 0.497 e. The van der Waals surface area contributed by atoms with E-state index in [1.807, 2.05) is 53.4 Å². The summed E-state index contributed by atoms with van der Waals surface area (Å²) in [4.78, 5) is 14.9. The van der Waals surface area contributed by atoms with E-state index < -0.39 is 0 Å². The number of amides is 1. The minimum Gasteiger partial charge on any atom is -0.497 e. The monoisotopic (exact) mass is 425 g/mol. The second kappa shape index (κ2) is 9.21. The second-order valence-corrected chi connectivity index (χ2v) is 7.81. The van der Waals surface area contributed by atoms with Crippen LogP contribution in [0.2, 0.25) is 0 Å². The second-order valence-electron chi connectivity index (χ2n) is 6.88. The van der Waals surface area contributed by atoms with Crippen molar-refractivity contribution in [3.63, 3.8) is 0 Å². The van der Waals surface area contributed by atoms with Gasteiger partial charge in [0.15, 0.2) is 0 Å². The number of thioether (sulfide) groups is 1. The first-order valence-corrected chi connectivity index (χ1v) is 10.7. The molecule has 0 aliphatic carbocycles. The third kappa shape index (κ3) is 4.28. The zero-order valence-corrected chi connectivity index (χ0v) is 17.7. The Kier molecular flexibility index (Phi) is 6.23. The van der Waals surface area contributed by atoms with E-state index >= 15 is 0 Å². The van der Waals surface area contributed by atoms with Crippen molar-refractivity contribution in [2.45, 2.75) is 24.1 Å². The fourth-order valence-electron chi connectivity index (χ4n) is 3.66. The van der Waals surface area contributed by atoms with Crippen molar-refractivity contribution in [1.29, 1.82) is 0 Å². The molecule has 4 rings (SSSR count). The van der Waals surface area contributed by atoms with Crippen LogP contribution in [-0.2, 0) is 4.79 Å². The predicted molar refractivity (Wildman–Crippen MR) is 114 cm³/mol. The van der Waals surface area contributed by atoms with Gasteiger partial charge >= 0.3 is 0 Å². The van der Waals surface area contributed by atoms with Gasteiger partial charge in [0.25, 0.3) is 5.22 Å². The fourth-order valence-corrected chi connectivity index (χ4v) is 4.31. The van der Waals surface area contributed by atoms with Crippen LogP contribution >= 0.6 is 11.8 Å². The van der Waals surface area contributed by atoms with Crippen molar-refractivity contribution < 1.29 is 18.7 Å². The van der Waals surface area contributed by atoms with Crippen LogP contribution in [0.25, 0.3) is 11.5 Å². The third-order valence-electron chi connectivity index (χ3n) is 5.12. The molecular weight excluding hydrogens is 402 g/mol. The lowest BCUT2D eigenvalue weighted by atomic mass is 10.0. The molecule has 156 valence electrons. The summed E-state index contributed by atoms with van der Waals surface area (Å²) < 4.78 is 16.6. The van der Waals surface area contributed by atoms with Crippen molar-refractivity contribution in [1.82, 2.24) is 15.1 Å². The lowest BCUT2D eigenvalue weighted by Crippen LogP contribution is -2.32. The van der Waals surface area contributed by atoms with Crippen molar-refractivity contribution in [3.05, 3.63) is 54.1 Å². The summed E-state index contributed by atoms with van der Waals surface area (Å²) in [6.07, 6.45) is 1.83. The molecule has 2 aromatic carbocycles. The number of rotatable bonds is 7. The number of carbonyl (C=O) groups excluding carboxylic acids is 1. The summed E-state index contributed by atoms with van der Waals surface area (Å²) in [5.74, 6) is 2.23. The molecule has 0 bridgehead atoms. The first-order valence-electron chi connectivity index (χ1n) is 9.72. The van der Waals surface area contributed by atoms with Crippen molar-refractivity contribution in [2.75, 3.05) is 26.5 Å². The molecule has 1 amide bonds. The Morgan fingerprint density at radius 3 is 2.77 bits per heavy atom. The Morgan fingerprint density at radius 1 is 1.17 bits per heavy atom. The van der Waals surface area contributed by atoms with Gasteiger partial charge in [-0.3, -0.25) is 4.79 Å². The SMILES string of the molecule is COc1ccc(OC)c(C2CCCN2C(=O)CSc2nnc(-c3ccccc3)o2)c1. The zero-order chi connectivity index (χ0) is 20.9. The van der Waals surface area contributed by atoms with E-state index in [2.05, 4.69) is 10.2 Å². The van der Waals surface area contributed by atoms with Crippen LogP contribution in [0.3, 0.4) is 0 Å². The summed E-state index contributed by atoms with van der Waals surface area (Å²) in [6.45, 7) is 0.712. The van der Waals surface area contributed by atoms with E-state index in [1.165, 1.54) is 11.8 Å². The van der Waals surface area contributed by atoms with Gasteiger partial charge in [-0.25, -0.2) is 0 Å². The Bertz CT molecular complexity index is 1010. The molecule has 8 heteroatoms. The highest BCUT2D eigenvalue weighted by Gasteiger charge is 2.32. The molecule has 3 aromatic rings. The number of methoxy groups -OCH3 is 2. The van der Waals surface area contributed by atoms with Crippen molar-refractivity contribution >= 4 is 17.7 Å². The molecule has 0 saturated carbocycles. The number of likely N-dealkylation sites (tertiary alicyclic amines) is 1. The minimum atomic E-state index is -0.0364. The maximum atomic E-state index is 13.0. The molecule has 1 aliphatic rings. The van der Waals surface area contributed by atoms with Gasteiger partial charge in [-0.15, -0.1) is 10.2 Å². The molecule has 0 radical (unpaired) electrons. The molecule has 1 atom stereocenters. The molecule has 1 aromatic heterocycles. The summed E-state index contributed by atoms with van der Waals surface area (Å²) in [7, 11) is 3.27. The number of benzene rings is 2. The highest BCUT2D eigenvalue weighted by molar-refractivity contribution is 7.99. The van der Waals surface area contributed by atoms with Gasteiger partial charge in [-0.1, -0.05) is 30.0 Å². The number of ether oxygens (including phenoxy) is 2. The number of hydrogen-bond donors (Lipinski definition) is 0. The average Bonchev–Trinajstić information content (AvgIpc) is 3.47. The smallest absolute Gasteiger partial charge is 0.277 e. The highest BCUT2D eigenvalue weighted by Crippen LogP contribution is 2.39. The number of hydrogen-bond acceptors (Lipinski definition) is 7. The van der Waals surface area contributed by atoms with Crippen molar-refractivity contribution in [3.8, 4) is 23.0 Å². The summed E-state index contributed by atoms with van der Waals surface area (Å²) in [5.41, 5.74) is 1.82. The molecule has 0 spiro atoms. The molecular formula is C22H23N3O4S. The molecule has 1 saturated heterocycles. The molecule has 1 aliphatic heterocycles. The van der Waals surface area contributed by atoms with E-state index in [1.54, 1.807) is 14.2 Å². The highest BCUT2D eigenvalue weighted by atomic mass is 32.2. The van der Waals surface area contributed by atoms with Crippen LogP contribution < -0.4 is 9.47 Å². The predicted octanol–water partition coefficient (Wildman–Crippen LogP) is 4.21. The van der Waals surface area contributed by atoms with Gasteiger partial charge in [0.2, 0.25) is 11.8 Å². The van der Waals surface area contributed by atoms with Gasteiger partial charge in [0, 0.05) is 17.7 Å². The molecule has 1 fully saturated rings. The normalized spacial score (nSPS) is 15.9. The summed E-state index contributed by atoms with van der Waals surface area (Å²) >= 11 is 1.26. The number of carbonyl (C=O) groups is 1. The molecule has 0 N–H and O–H groups in total. The molecule has 7 nitrogen and oxygen atoms in total. The Morgan fingerprint density at radius 2 is 2.00 bits per heavy atom. The van der Waals surface area contributed by atoms with Crippen LogP contribution in [0, 0.1) is 0 Å². The Balaban J connectivity index is 1.44. The van der Waals surface area contributed by atoms with E-state index in [4.69, 9.17) is 13.9 Å². The molecule has 1 unspecified atom stereocenters. The van der Waals surface area contributed by atoms with Gasteiger partial charge in [0.1, 0.15) is 11.5 Å². The van der Waals surface area contributed by atoms with Gasteiger partial charge in [0.05, 0.1) is 26.0 Å². The van der Waals surface area contributed by atoms with Crippen molar-refractivity contribution in [2.24, 2.45) is 0 Å². The maximum Gasteiger partial charge on any atom is 0.277 e. The van der Waals surface area contributed by atoms with E-state index in [0.717, 1.165) is 35.5 Å². The Labute approximate surface area is 179 Å². The lowest BCUT2D eigenvalue weighted by molar-refractivity contribution is -0.129. The average molecular weight is 426 g/mol. The fraction of sp³-hybridized carbons (Fsp3) is 0.318. The topological polar surface area (TPSA) is 77.7 Å². The molecule has 30 heavy (non-hydrogen) atoms. The van der Waals surface area contributed by atoms with Gasteiger partial charge in [-0.2, -0.15) is 0 Å². The first-order chi connectivity index (χ1) is 14.7. The van der Waals surface area contributed by atoms with Crippen LogP contribution in [0.4, 0.5) is 0 Å².